The molecule has 0 heterocycles. The van der Waals surface area contributed by atoms with E-state index >= 15 is 13.2 Å². The predicted molar refractivity (Wildman–Crippen MR) is 205 cm³/mol. The van der Waals surface area contributed by atoms with Crippen LogP contribution in [0.25, 0.3) is 43.8 Å². The van der Waals surface area contributed by atoms with Crippen LogP contribution in [0.5, 0.6) is 0 Å². The average molecular weight is 704 g/mol. The van der Waals surface area contributed by atoms with Crippen molar-refractivity contribution >= 4 is 34.8 Å². The Morgan fingerprint density at radius 1 is 0.420 bits per heavy atom. The van der Waals surface area contributed by atoms with Crippen molar-refractivity contribution in [3.05, 3.63) is 101 Å². The topological polar surface area (TPSA) is 60.7 Å². The number of hydrogen-bond donors (Lipinski definition) is 3. The van der Waals surface area contributed by atoms with Gasteiger partial charge in [-0.3, -0.25) is 0 Å². The van der Waals surface area contributed by atoms with Gasteiger partial charge in [0.05, 0.1) is 5.56 Å². The minimum Gasteiger partial charge on any atom is -0.189 e. The van der Waals surface area contributed by atoms with E-state index in [9.17, 15) is 14.7 Å². The fourth-order valence-corrected chi connectivity index (χ4v) is 7.62. The first-order chi connectivity index (χ1) is 22.6. The number of halogens is 3. The zero-order valence-corrected chi connectivity index (χ0v) is 32.2. The van der Waals surface area contributed by atoms with Crippen molar-refractivity contribution in [1.82, 2.24) is 0 Å². The molecule has 0 aliphatic rings. The summed E-state index contributed by atoms with van der Waals surface area (Å²) in [6.07, 6.45) is -4.80. The summed E-state index contributed by atoms with van der Waals surface area (Å²) >= 11 is 0. The third-order valence-corrected chi connectivity index (χ3v) is 10.7. The van der Waals surface area contributed by atoms with Crippen molar-refractivity contribution in [1.29, 1.82) is 0 Å². The molecule has 3 nitrogen and oxygen atoms in total. The van der Waals surface area contributed by atoms with Gasteiger partial charge in [0.2, 0.25) is 0 Å². The van der Waals surface area contributed by atoms with E-state index in [1.165, 1.54) is 0 Å². The molecule has 266 valence electrons. The quantitative estimate of drug-likeness (QED) is 0.164. The van der Waals surface area contributed by atoms with E-state index in [1.54, 1.807) is 6.07 Å². The molecule has 0 aliphatic carbocycles. The first kappa shape index (κ1) is 38.0. The Morgan fingerprint density at radius 2 is 0.820 bits per heavy atom. The molecule has 5 aromatic rings. The second-order valence-corrected chi connectivity index (χ2v) is 19.5. The molecular weight excluding hydrogens is 652 g/mol. The average Bonchev–Trinajstić information content (AvgIpc) is 2.95. The van der Waals surface area contributed by atoms with E-state index in [2.05, 4.69) is 53.7 Å². The summed E-state index contributed by atoms with van der Waals surface area (Å²) in [5, 5.41) is 3.06. The van der Waals surface area contributed by atoms with Crippen molar-refractivity contribution in [3.63, 3.8) is 0 Å². The summed E-state index contributed by atoms with van der Waals surface area (Å²) in [5.41, 5.74) is 1.78. The fourth-order valence-electron chi connectivity index (χ4n) is 6.81. The highest BCUT2D eigenvalue weighted by molar-refractivity contribution is 7.67. The van der Waals surface area contributed by atoms with Crippen molar-refractivity contribution < 1.29 is 27.9 Å². The Labute approximate surface area is 295 Å². The van der Waals surface area contributed by atoms with Crippen molar-refractivity contribution in [3.8, 4) is 22.3 Å². The van der Waals surface area contributed by atoms with Crippen LogP contribution < -0.4 is 5.30 Å². The molecule has 0 fully saturated rings. The lowest BCUT2D eigenvalue weighted by Crippen LogP contribution is -2.22. The maximum absolute atomic E-state index is 15.3. The zero-order chi connectivity index (χ0) is 37.6. The van der Waals surface area contributed by atoms with Gasteiger partial charge in [-0.05, 0) is 113 Å². The Bertz CT molecular complexity index is 1960. The fraction of sp³-hybridized carbons (Fsp3) is 0.395. The lowest BCUT2D eigenvalue weighted by Gasteiger charge is -2.30. The first-order valence-corrected chi connectivity index (χ1v) is 18.7. The summed E-state index contributed by atoms with van der Waals surface area (Å²) in [4.78, 5) is 32.9. The van der Waals surface area contributed by atoms with Crippen molar-refractivity contribution in [2.45, 2.75) is 111 Å². The molecule has 3 N–H and O–H groups in total. The molecule has 0 amide bonds. The van der Waals surface area contributed by atoms with Crippen LogP contribution >= 0.6 is 7.94 Å². The zero-order valence-electron chi connectivity index (χ0n) is 31.4. The highest BCUT2D eigenvalue weighted by Gasteiger charge is 2.45. The van der Waals surface area contributed by atoms with Gasteiger partial charge >= 0.3 is 14.1 Å². The van der Waals surface area contributed by atoms with Gasteiger partial charge < -0.3 is 0 Å². The maximum Gasteiger partial charge on any atom is 0.441 e. The second kappa shape index (κ2) is 12.2. The molecule has 0 radical (unpaired) electrons. The van der Waals surface area contributed by atoms with E-state index in [-0.39, 0.29) is 27.3 Å². The van der Waals surface area contributed by atoms with Gasteiger partial charge in [-0.2, -0.15) is 27.9 Å². The SMILES string of the molecule is CC(C)(C)c1ccc2cc(-c3c(C(F)(F)F)ccc([P+](O)(O)O)c3-c3cc4ccc(C(C)(C)C)cc4cc3C(C)(C)C)c(C(C)(C)C)cc2c1. The Morgan fingerprint density at radius 3 is 1.16 bits per heavy atom. The molecule has 0 bridgehead atoms. The van der Waals surface area contributed by atoms with E-state index in [0.717, 1.165) is 50.4 Å². The number of rotatable bonds is 3. The largest absolute Gasteiger partial charge is 0.441 e. The van der Waals surface area contributed by atoms with Crippen LogP contribution in [-0.2, 0) is 27.8 Å². The summed E-state index contributed by atoms with van der Waals surface area (Å²) in [6.45, 7) is 24.6. The van der Waals surface area contributed by atoms with Crippen molar-refractivity contribution in [2.75, 3.05) is 0 Å². The van der Waals surface area contributed by atoms with Crippen LogP contribution in [-0.4, -0.2) is 14.7 Å². The van der Waals surface area contributed by atoms with Gasteiger partial charge in [-0.15, -0.1) is 0 Å². The van der Waals surface area contributed by atoms with Crippen LogP contribution in [0.2, 0.25) is 0 Å². The Hall–Kier alpha value is -3.28. The molecule has 0 saturated heterocycles. The number of fused-ring (bicyclic) bond motifs is 2. The summed E-state index contributed by atoms with van der Waals surface area (Å²) in [6, 6.07) is 21.6. The molecule has 5 aromatic carbocycles. The van der Waals surface area contributed by atoms with Crippen LogP contribution in [0.4, 0.5) is 13.2 Å². The van der Waals surface area contributed by atoms with Crippen LogP contribution in [0.15, 0.2) is 72.8 Å². The normalized spacial score (nSPS) is 13.8. The van der Waals surface area contributed by atoms with Gasteiger partial charge in [0.15, 0.2) is 5.30 Å². The molecule has 0 unspecified atom stereocenters. The Balaban J connectivity index is 2.05. The predicted octanol–water partition coefficient (Wildman–Crippen LogP) is 11.9. The van der Waals surface area contributed by atoms with Crippen LogP contribution in [0.1, 0.15) is 111 Å². The third-order valence-electron chi connectivity index (χ3n) is 9.65. The first-order valence-electron chi connectivity index (χ1n) is 17.1. The molecule has 7 heteroatoms. The van der Waals surface area contributed by atoms with Gasteiger partial charge in [0, 0.05) is 11.1 Å². The molecule has 0 spiro atoms. The maximum atomic E-state index is 15.3. The van der Waals surface area contributed by atoms with E-state index in [1.807, 2.05) is 84.0 Å². The van der Waals surface area contributed by atoms with E-state index in [0.29, 0.717) is 16.7 Å². The smallest absolute Gasteiger partial charge is 0.189 e. The lowest BCUT2D eigenvalue weighted by molar-refractivity contribution is -0.137. The summed E-state index contributed by atoms with van der Waals surface area (Å²) < 4.78 is 46.0. The number of alkyl halides is 3. The van der Waals surface area contributed by atoms with Gasteiger partial charge in [0.25, 0.3) is 0 Å². The number of benzene rings is 5. The second-order valence-electron chi connectivity index (χ2n) is 17.9. The minimum absolute atomic E-state index is 0.0245. The van der Waals surface area contributed by atoms with Crippen LogP contribution in [0, 0.1) is 0 Å². The third kappa shape index (κ3) is 7.37. The highest BCUT2D eigenvalue weighted by atomic mass is 31.2. The summed E-state index contributed by atoms with van der Waals surface area (Å²) in [7, 11) is -4.85. The molecular formula is C43H51F3O3P+. The van der Waals surface area contributed by atoms with E-state index < -0.39 is 30.5 Å². The molecule has 0 aromatic heterocycles. The standard InChI is InChI=1S/C43H51F3O3P/c1-39(2,3)29-15-13-25-21-31(34(41(7,8)9)23-27(25)19-29)37-33(43(44,45)46)17-18-36(50(47,48)49)38(37)32-22-26-14-16-30(40(4,5)6)20-28(26)24-35(32)42(10,11)12/h13-24,47-49H,1-12H3/q+1. The molecule has 0 atom stereocenters. The highest BCUT2D eigenvalue weighted by Crippen LogP contribution is 2.54. The number of hydrogen-bond acceptors (Lipinski definition) is 3. The molecule has 0 aliphatic heterocycles. The van der Waals surface area contributed by atoms with Gasteiger partial charge in [0.1, 0.15) is 0 Å². The molecule has 0 saturated carbocycles. The van der Waals surface area contributed by atoms with Crippen LogP contribution in [0.3, 0.4) is 0 Å². The van der Waals surface area contributed by atoms with Gasteiger partial charge in [-0.25, -0.2) is 0 Å². The monoisotopic (exact) mass is 703 g/mol. The molecule has 5 rings (SSSR count). The summed E-state index contributed by atoms with van der Waals surface area (Å²) in [5.74, 6) is 0. The van der Waals surface area contributed by atoms with E-state index in [4.69, 9.17) is 0 Å². The van der Waals surface area contributed by atoms with Gasteiger partial charge in [-0.1, -0.05) is 119 Å². The van der Waals surface area contributed by atoms with Crippen molar-refractivity contribution in [2.24, 2.45) is 0 Å². The minimum atomic E-state index is -4.85. The Kier molecular flexibility index (Phi) is 9.23. The lowest BCUT2D eigenvalue weighted by atomic mass is 9.75. The molecule has 50 heavy (non-hydrogen) atoms.